The van der Waals surface area contributed by atoms with E-state index >= 15 is 0 Å². The fraction of sp³-hybridized carbons (Fsp3) is 0.600. The zero-order valence-corrected chi connectivity index (χ0v) is 13.6. The van der Waals surface area contributed by atoms with Crippen LogP contribution < -0.4 is 5.73 Å². The Hall–Kier alpha value is -1.38. The normalized spacial score (nSPS) is 9.41. The highest BCUT2D eigenvalue weighted by atomic mass is 16.7. The molecule has 0 amide bonds. The summed E-state index contributed by atoms with van der Waals surface area (Å²) in [5, 5.41) is 15.2. The summed E-state index contributed by atoms with van der Waals surface area (Å²) in [7, 11) is 0. The summed E-state index contributed by atoms with van der Waals surface area (Å²) in [5.41, 5.74) is 6.77. The second kappa shape index (κ2) is 17.7. The van der Waals surface area contributed by atoms with Gasteiger partial charge in [-0.1, -0.05) is 0 Å². The number of carbonyl (C=O) groups excluding carboxylic acids is 1. The van der Waals surface area contributed by atoms with Crippen molar-refractivity contribution in [2.24, 2.45) is 5.73 Å². The highest BCUT2D eigenvalue weighted by molar-refractivity contribution is 5.74. The number of ether oxygens (including phenoxy) is 2. The molecule has 1 rings (SSSR count). The highest BCUT2D eigenvalue weighted by Gasteiger charge is 1.94. The molecule has 7 nitrogen and oxygen atoms in total. The van der Waals surface area contributed by atoms with Gasteiger partial charge in [0.25, 0.3) is 0 Å². The maximum Gasteiger partial charge on any atom is 0.154 e. The number of hydrogen-bond acceptors (Lipinski definition) is 7. The number of carbonyl (C=O) groups is 1. The summed E-state index contributed by atoms with van der Waals surface area (Å²) in [6.07, 6.45) is 3.87. The van der Waals surface area contributed by atoms with E-state index in [0.717, 1.165) is 25.1 Å². The lowest BCUT2D eigenvalue weighted by molar-refractivity contribution is -0.123. The van der Waals surface area contributed by atoms with E-state index in [-0.39, 0.29) is 19.5 Å². The van der Waals surface area contributed by atoms with Crippen LogP contribution >= 0.6 is 0 Å². The second-order valence-corrected chi connectivity index (χ2v) is 3.87. The molecule has 22 heavy (non-hydrogen) atoms. The summed E-state index contributed by atoms with van der Waals surface area (Å²) in [4.78, 5) is 14.0. The Morgan fingerprint density at radius 1 is 1.23 bits per heavy atom. The van der Waals surface area contributed by atoms with Crippen LogP contribution in [0.5, 0.6) is 0 Å². The summed E-state index contributed by atoms with van der Waals surface area (Å²) < 4.78 is 10.1. The van der Waals surface area contributed by atoms with Gasteiger partial charge in [0.15, 0.2) is 12.6 Å². The standard InChI is InChI=1S/C7H8N2O.C6H14O2.C2H6O2/c8-2-6-1-7(5-10)4-9-3-6;1-4-7-6(3)8-5-2;3-1-2-4/h1,3-5H,2,8H2;6H,4-5H2,1-3H3;3-4H,1-2H2. The molecule has 128 valence electrons. The van der Waals surface area contributed by atoms with Gasteiger partial charge in [-0.2, -0.15) is 0 Å². The first-order valence-corrected chi connectivity index (χ1v) is 7.13. The number of hydrogen-bond donors (Lipinski definition) is 3. The lowest BCUT2D eigenvalue weighted by atomic mass is 10.2. The van der Waals surface area contributed by atoms with Gasteiger partial charge in [-0.3, -0.25) is 9.78 Å². The van der Waals surface area contributed by atoms with Crippen LogP contribution in [0.3, 0.4) is 0 Å². The van der Waals surface area contributed by atoms with Crippen molar-refractivity contribution in [1.29, 1.82) is 0 Å². The number of nitrogens with zero attached hydrogens (tertiary/aromatic N) is 1. The molecule has 0 aliphatic heterocycles. The molecule has 0 saturated carbocycles. The lowest BCUT2D eigenvalue weighted by Gasteiger charge is -2.09. The molecule has 0 unspecified atom stereocenters. The SMILES string of the molecule is CCOC(C)OCC.NCc1cncc(C=O)c1.OCCO. The molecule has 0 atom stereocenters. The van der Waals surface area contributed by atoms with Crippen LogP contribution in [0.15, 0.2) is 18.5 Å². The predicted molar refractivity (Wildman–Crippen MR) is 84.4 cm³/mol. The zero-order valence-electron chi connectivity index (χ0n) is 13.6. The maximum absolute atomic E-state index is 10.2. The van der Waals surface area contributed by atoms with Crippen LogP contribution in [0.1, 0.15) is 36.7 Å². The predicted octanol–water partition coefficient (Wildman–Crippen LogP) is 0.729. The fourth-order valence-electron chi connectivity index (χ4n) is 1.20. The molecule has 7 heteroatoms. The number of aromatic nitrogens is 1. The van der Waals surface area contributed by atoms with Gasteiger partial charge in [0.05, 0.1) is 13.2 Å². The average molecular weight is 316 g/mol. The molecule has 1 aromatic rings. The minimum absolute atomic E-state index is 0.0370. The van der Waals surface area contributed by atoms with Gasteiger partial charge in [0.1, 0.15) is 0 Å². The molecule has 0 aliphatic carbocycles. The van der Waals surface area contributed by atoms with Gasteiger partial charge in [-0.25, -0.2) is 0 Å². The van der Waals surface area contributed by atoms with Gasteiger partial charge in [-0.15, -0.1) is 0 Å². The largest absolute Gasteiger partial charge is 0.394 e. The summed E-state index contributed by atoms with van der Waals surface area (Å²) >= 11 is 0. The van der Waals surface area contributed by atoms with Crippen LogP contribution in [0.4, 0.5) is 0 Å². The van der Waals surface area contributed by atoms with E-state index in [1.807, 2.05) is 20.8 Å². The number of rotatable bonds is 7. The quantitative estimate of drug-likeness (QED) is 0.501. The molecule has 0 saturated heterocycles. The Labute approximate surface area is 132 Å². The molecule has 0 spiro atoms. The Morgan fingerprint density at radius 3 is 2.14 bits per heavy atom. The second-order valence-electron chi connectivity index (χ2n) is 3.87. The van der Waals surface area contributed by atoms with Crippen LogP contribution in [-0.4, -0.2) is 54.2 Å². The third kappa shape index (κ3) is 15.0. The minimum atomic E-state index is -0.125. The van der Waals surface area contributed by atoms with Crippen molar-refractivity contribution in [3.05, 3.63) is 29.6 Å². The van der Waals surface area contributed by atoms with E-state index in [0.29, 0.717) is 12.1 Å². The fourth-order valence-corrected chi connectivity index (χ4v) is 1.20. The summed E-state index contributed by atoms with van der Waals surface area (Å²) in [6.45, 7) is 7.43. The Balaban J connectivity index is 0. The van der Waals surface area contributed by atoms with Crippen LogP contribution in [0.25, 0.3) is 0 Å². The molecule has 1 heterocycles. The van der Waals surface area contributed by atoms with E-state index in [1.165, 1.54) is 6.20 Å². The first-order valence-electron chi connectivity index (χ1n) is 7.13. The molecule has 0 radical (unpaired) electrons. The lowest BCUT2D eigenvalue weighted by Crippen LogP contribution is -2.11. The van der Waals surface area contributed by atoms with E-state index in [4.69, 9.17) is 25.4 Å². The van der Waals surface area contributed by atoms with Crippen molar-refractivity contribution >= 4 is 6.29 Å². The summed E-state index contributed by atoms with van der Waals surface area (Å²) in [6, 6.07) is 1.72. The van der Waals surface area contributed by atoms with Crippen molar-refractivity contribution in [2.75, 3.05) is 26.4 Å². The van der Waals surface area contributed by atoms with Gasteiger partial charge in [-0.05, 0) is 32.4 Å². The van der Waals surface area contributed by atoms with Crippen LogP contribution in [-0.2, 0) is 16.0 Å². The highest BCUT2D eigenvalue weighted by Crippen LogP contribution is 1.97. The number of pyridine rings is 1. The topological polar surface area (TPSA) is 115 Å². The molecule has 1 aromatic heterocycles. The number of nitrogens with two attached hydrogens (primary N) is 1. The molecular weight excluding hydrogens is 288 g/mol. The number of aliphatic hydroxyl groups is 2. The van der Waals surface area contributed by atoms with Crippen molar-refractivity contribution in [1.82, 2.24) is 4.98 Å². The van der Waals surface area contributed by atoms with Crippen molar-refractivity contribution < 1.29 is 24.5 Å². The van der Waals surface area contributed by atoms with Crippen molar-refractivity contribution in [3.8, 4) is 0 Å². The molecule has 0 bridgehead atoms. The Kier molecular flexibility index (Phi) is 18.4. The molecule has 4 N–H and O–H groups in total. The van der Waals surface area contributed by atoms with E-state index in [9.17, 15) is 4.79 Å². The minimum Gasteiger partial charge on any atom is -0.394 e. The Morgan fingerprint density at radius 2 is 1.77 bits per heavy atom. The van der Waals surface area contributed by atoms with Crippen molar-refractivity contribution in [2.45, 2.75) is 33.6 Å². The number of aldehydes is 1. The molecule has 0 fully saturated rings. The van der Waals surface area contributed by atoms with Crippen LogP contribution in [0.2, 0.25) is 0 Å². The van der Waals surface area contributed by atoms with E-state index < -0.39 is 0 Å². The first kappa shape index (κ1) is 22.9. The summed E-state index contributed by atoms with van der Waals surface area (Å²) in [5.74, 6) is 0. The average Bonchev–Trinajstić information content (AvgIpc) is 2.56. The van der Waals surface area contributed by atoms with E-state index in [2.05, 4.69) is 4.98 Å². The molecule has 0 aromatic carbocycles. The zero-order chi connectivity index (χ0) is 17.2. The van der Waals surface area contributed by atoms with Crippen LogP contribution in [0, 0.1) is 0 Å². The number of aliphatic hydroxyl groups excluding tert-OH is 2. The van der Waals surface area contributed by atoms with Gasteiger partial charge in [0.2, 0.25) is 0 Å². The molecular formula is C15H28N2O5. The van der Waals surface area contributed by atoms with Gasteiger partial charge in [0, 0.05) is 37.7 Å². The maximum atomic E-state index is 10.2. The molecule has 0 aliphatic rings. The van der Waals surface area contributed by atoms with Gasteiger partial charge >= 0.3 is 0 Å². The Bertz CT molecular complexity index is 356. The smallest absolute Gasteiger partial charge is 0.154 e. The third-order valence-electron chi connectivity index (χ3n) is 2.09. The monoisotopic (exact) mass is 316 g/mol. The van der Waals surface area contributed by atoms with E-state index in [1.54, 1.807) is 12.3 Å². The first-order chi connectivity index (χ1) is 10.6. The third-order valence-corrected chi connectivity index (χ3v) is 2.09. The van der Waals surface area contributed by atoms with Gasteiger partial charge < -0.3 is 25.4 Å². The van der Waals surface area contributed by atoms with Crippen molar-refractivity contribution in [3.63, 3.8) is 0 Å².